The summed E-state index contributed by atoms with van der Waals surface area (Å²) in [5.41, 5.74) is -1.97. The van der Waals surface area contributed by atoms with E-state index in [-0.39, 0.29) is 28.6 Å². The second-order valence-corrected chi connectivity index (χ2v) is 8.83. The summed E-state index contributed by atoms with van der Waals surface area (Å²) >= 11 is 0. The molecule has 0 spiro atoms. The van der Waals surface area contributed by atoms with Crippen LogP contribution in [-0.2, 0) is 17.1 Å². The molecule has 158 valence electrons. The zero-order chi connectivity index (χ0) is 21.6. The number of sulfonamides is 1. The number of carbonyl (C=O) groups excluding carboxylic acids is 1. The minimum Gasteiger partial charge on any atom is -0.488 e. The number of aliphatic hydroxyl groups is 1. The van der Waals surface area contributed by atoms with Crippen LogP contribution in [0.4, 0.5) is 14.5 Å². The molecule has 0 aromatic carbocycles. The van der Waals surface area contributed by atoms with Gasteiger partial charge in [-0.2, -0.15) is 0 Å². The van der Waals surface area contributed by atoms with Crippen LogP contribution in [0.1, 0.15) is 36.5 Å². The molecule has 12 heteroatoms. The summed E-state index contributed by atoms with van der Waals surface area (Å²) in [6.45, 7) is 2.64. The van der Waals surface area contributed by atoms with Crippen LogP contribution >= 0.6 is 0 Å². The number of carbonyl (C=O) groups is 1. The van der Waals surface area contributed by atoms with Gasteiger partial charge >= 0.3 is 0 Å². The second kappa shape index (κ2) is 7.35. The normalized spacial score (nSPS) is 18.7. The predicted octanol–water partition coefficient (Wildman–Crippen LogP) is 1.42. The summed E-state index contributed by atoms with van der Waals surface area (Å²) in [4.78, 5) is 16.0. The number of nitrogens with one attached hydrogen (secondary N) is 2. The highest BCUT2D eigenvalue weighted by Gasteiger charge is 2.39. The molecule has 1 atom stereocenters. The van der Waals surface area contributed by atoms with E-state index in [9.17, 15) is 27.1 Å². The summed E-state index contributed by atoms with van der Waals surface area (Å²) in [6.07, 6.45) is -0.478. The summed E-state index contributed by atoms with van der Waals surface area (Å²) in [6, 6.07) is 1.40. The second-order valence-electron chi connectivity index (χ2n) is 7.14. The Hall–Kier alpha value is -2.57. The molecule has 1 aliphatic heterocycles. The Morgan fingerprint density at radius 2 is 2.17 bits per heavy atom. The molecule has 0 radical (unpaired) electrons. The van der Waals surface area contributed by atoms with Crippen molar-refractivity contribution in [2.24, 2.45) is 7.05 Å². The van der Waals surface area contributed by atoms with E-state index in [4.69, 9.17) is 4.74 Å². The lowest BCUT2D eigenvalue weighted by atomic mass is 10.0. The number of nitrogens with zero attached hydrogens (tertiary/aromatic N) is 2. The molecule has 3 N–H and O–H groups in total. The number of aryl methyl sites for hydroxylation is 1. The number of alkyl halides is 2. The van der Waals surface area contributed by atoms with Crippen LogP contribution in [0.25, 0.3) is 0 Å². The van der Waals surface area contributed by atoms with Crippen LogP contribution < -0.4 is 14.8 Å². The van der Waals surface area contributed by atoms with Gasteiger partial charge in [0.15, 0.2) is 11.4 Å². The minimum absolute atomic E-state index is 0.0687. The topological polar surface area (TPSA) is 123 Å². The van der Waals surface area contributed by atoms with Gasteiger partial charge < -0.3 is 19.7 Å². The molecule has 9 nitrogen and oxygen atoms in total. The fraction of sp³-hybridized carbons (Fsp3) is 0.412. The van der Waals surface area contributed by atoms with Crippen molar-refractivity contribution in [3.05, 3.63) is 35.9 Å². The zero-order valence-electron chi connectivity index (χ0n) is 15.8. The molecule has 3 heterocycles. The SMILES string of the molecule is Cn1cc2c(c1C(=O)Nc1ccnc(C(F)F)c1)OC[C@H](C(C)(C)O)NS2(=O)=O. The number of pyridine rings is 1. The van der Waals surface area contributed by atoms with Gasteiger partial charge in [-0.1, -0.05) is 0 Å². The minimum atomic E-state index is -4.08. The summed E-state index contributed by atoms with van der Waals surface area (Å²) in [7, 11) is -2.63. The molecule has 0 saturated heterocycles. The largest absolute Gasteiger partial charge is 0.488 e. The van der Waals surface area contributed by atoms with Crippen LogP contribution in [0.2, 0.25) is 0 Å². The van der Waals surface area contributed by atoms with E-state index < -0.39 is 39.7 Å². The van der Waals surface area contributed by atoms with Crippen molar-refractivity contribution in [1.29, 1.82) is 0 Å². The van der Waals surface area contributed by atoms with Crippen LogP contribution in [0, 0.1) is 0 Å². The first kappa shape index (κ1) is 21.1. The molecule has 0 bridgehead atoms. The summed E-state index contributed by atoms with van der Waals surface area (Å²) in [5, 5.41) is 12.6. The molecule has 3 rings (SSSR count). The van der Waals surface area contributed by atoms with E-state index in [2.05, 4.69) is 15.0 Å². The van der Waals surface area contributed by atoms with E-state index in [1.807, 2.05) is 0 Å². The zero-order valence-corrected chi connectivity index (χ0v) is 16.6. The number of hydrogen-bond acceptors (Lipinski definition) is 6. The Morgan fingerprint density at radius 1 is 1.48 bits per heavy atom. The summed E-state index contributed by atoms with van der Waals surface area (Å²) in [5.74, 6) is -0.940. The Kier molecular flexibility index (Phi) is 5.36. The smallest absolute Gasteiger partial charge is 0.280 e. The van der Waals surface area contributed by atoms with Gasteiger partial charge in [-0.15, -0.1) is 0 Å². The van der Waals surface area contributed by atoms with Crippen molar-refractivity contribution in [1.82, 2.24) is 14.3 Å². The first-order valence-corrected chi connectivity index (χ1v) is 10.0. The molecular weight excluding hydrogens is 410 g/mol. The van der Waals surface area contributed by atoms with Gasteiger partial charge in [0.1, 0.15) is 17.2 Å². The molecule has 0 unspecified atom stereocenters. The van der Waals surface area contributed by atoms with Crippen molar-refractivity contribution < 1.29 is 31.8 Å². The van der Waals surface area contributed by atoms with Crippen molar-refractivity contribution in [2.45, 2.75) is 36.8 Å². The number of amides is 1. The van der Waals surface area contributed by atoms with Crippen molar-refractivity contribution in [3.8, 4) is 5.75 Å². The highest BCUT2D eigenvalue weighted by atomic mass is 32.2. The Bertz CT molecular complexity index is 1050. The fourth-order valence-electron chi connectivity index (χ4n) is 2.81. The molecular formula is C17H20F2N4O5S. The average molecular weight is 430 g/mol. The van der Waals surface area contributed by atoms with Crippen LogP contribution in [0.5, 0.6) is 5.75 Å². The number of halogens is 2. The van der Waals surface area contributed by atoms with E-state index in [1.165, 1.54) is 37.7 Å². The molecule has 0 saturated carbocycles. The third kappa shape index (κ3) is 4.23. The maximum Gasteiger partial charge on any atom is 0.280 e. The number of aromatic nitrogens is 2. The van der Waals surface area contributed by atoms with E-state index >= 15 is 0 Å². The maximum absolute atomic E-state index is 12.8. The molecule has 1 amide bonds. The van der Waals surface area contributed by atoms with Crippen molar-refractivity contribution in [2.75, 3.05) is 11.9 Å². The Labute approximate surface area is 165 Å². The lowest BCUT2D eigenvalue weighted by molar-refractivity contribution is 0.0288. The molecule has 2 aromatic rings. The first-order valence-electron chi connectivity index (χ1n) is 8.52. The van der Waals surface area contributed by atoms with E-state index in [0.717, 1.165) is 12.3 Å². The van der Waals surface area contributed by atoms with Gasteiger partial charge in [-0.25, -0.2) is 21.9 Å². The lowest BCUT2D eigenvalue weighted by Crippen LogP contribution is -2.51. The number of hydrogen-bond donors (Lipinski definition) is 3. The predicted molar refractivity (Wildman–Crippen MR) is 98.5 cm³/mol. The highest BCUT2D eigenvalue weighted by Crippen LogP contribution is 2.34. The molecule has 29 heavy (non-hydrogen) atoms. The number of ether oxygens (including phenoxy) is 1. The van der Waals surface area contributed by atoms with Gasteiger partial charge in [-0.3, -0.25) is 9.78 Å². The number of anilines is 1. The number of fused-ring (bicyclic) bond motifs is 1. The third-order valence-corrected chi connectivity index (χ3v) is 5.88. The number of rotatable bonds is 4. The maximum atomic E-state index is 12.8. The van der Waals surface area contributed by atoms with Gasteiger partial charge in [0.25, 0.3) is 12.3 Å². The summed E-state index contributed by atoms with van der Waals surface area (Å²) < 4.78 is 60.2. The molecule has 1 aliphatic rings. The van der Waals surface area contributed by atoms with Crippen molar-refractivity contribution >= 4 is 21.6 Å². The average Bonchev–Trinajstić information content (AvgIpc) is 2.88. The van der Waals surface area contributed by atoms with Crippen molar-refractivity contribution in [3.63, 3.8) is 0 Å². The van der Waals surface area contributed by atoms with Crippen LogP contribution in [0.3, 0.4) is 0 Å². The monoisotopic (exact) mass is 430 g/mol. The molecule has 0 aliphatic carbocycles. The van der Waals surface area contributed by atoms with Gasteiger partial charge in [0.05, 0.1) is 11.6 Å². The van der Waals surface area contributed by atoms with E-state index in [0.29, 0.717) is 0 Å². The first-order chi connectivity index (χ1) is 13.4. The highest BCUT2D eigenvalue weighted by molar-refractivity contribution is 7.89. The van der Waals surface area contributed by atoms with Crippen LogP contribution in [-0.4, -0.2) is 47.2 Å². The standard InChI is InChI=1S/C17H20F2N4O5S/c1-17(2,25)12-8-28-14-11(29(26,27)22-12)7-23(3)13(14)16(24)21-9-4-5-20-10(6-9)15(18)19/h4-7,12,15,22,25H,8H2,1-3H3,(H,20,21,24)/t12-/m1/s1. The third-order valence-electron chi connectivity index (χ3n) is 4.41. The Morgan fingerprint density at radius 3 is 2.79 bits per heavy atom. The fourth-order valence-corrected chi connectivity index (χ4v) is 4.36. The van der Waals surface area contributed by atoms with Crippen LogP contribution in [0.15, 0.2) is 29.4 Å². The lowest BCUT2D eigenvalue weighted by Gasteiger charge is -2.27. The van der Waals surface area contributed by atoms with Gasteiger partial charge in [0, 0.05) is 25.1 Å². The molecule has 0 fully saturated rings. The van der Waals surface area contributed by atoms with E-state index in [1.54, 1.807) is 0 Å². The van der Waals surface area contributed by atoms with Gasteiger partial charge in [0.2, 0.25) is 10.0 Å². The van der Waals surface area contributed by atoms with Gasteiger partial charge in [-0.05, 0) is 26.0 Å². The molecule has 2 aromatic heterocycles. The Balaban J connectivity index is 1.96. The quantitative estimate of drug-likeness (QED) is 0.674.